The van der Waals surface area contributed by atoms with Crippen molar-refractivity contribution in [1.82, 2.24) is 15.3 Å². The molecule has 0 saturated carbocycles. The summed E-state index contributed by atoms with van der Waals surface area (Å²) in [6.45, 7) is 3.33. The molecule has 0 aliphatic heterocycles. The lowest BCUT2D eigenvalue weighted by atomic mass is 10.2. The molecule has 5 heteroatoms. The molecule has 5 nitrogen and oxygen atoms in total. The van der Waals surface area contributed by atoms with Gasteiger partial charge in [-0.15, -0.1) is 0 Å². The molecule has 0 spiro atoms. The van der Waals surface area contributed by atoms with E-state index in [4.69, 9.17) is 0 Å². The lowest BCUT2D eigenvalue weighted by molar-refractivity contribution is 0.0600. The Kier molecular flexibility index (Phi) is 4.79. The number of methoxy groups -OCH3 is 1. The van der Waals surface area contributed by atoms with E-state index in [1.807, 2.05) is 31.3 Å². The van der Waals surface area contributed by atoms with E-state index in [1.54, 1.807) is 6.07 Å². The first-order valence-electron chi connectivity index (χ1n) is 6.34. The minimum Gasteiger partial charge on any atom is -0.465 e. The number of esters is 1. The minimum absolute atomic E-state index is 0.372. The topological polar surface area (TPSA) is 64.1 Å². The second-order valence-electron chi connectivity index (χ2n) is 4.44. The Morgan fingerprint density at radius 1 is 1.15 bits per heavy atom. The Morgan fingerprint density at radius 3 is 2.60 bits per heavy atom. The van der Waals surface area contributed by atoms with Gasteiger partial charge in [0.05, 0.1) is 18.4 Å². The highest BCUT2D eigenvalue weighted by Crippen LogP contribution is 2.03. The van der Waals surface area contributed by atoms with Crippen molar-refractivity contribution in [2.75, 3.05) is 7.11 Å². The minimum atomic E-state index is -0.372. The van der Waals surface area contributed by atoms with Gasteiger partial charge in [-0.05, 0) is 30.7 Å². The van der Waals surface area contributed by atoms with Crippen molar-refractivity contribution >= 4 is 5.97 Å². The number of nitrogens with zero attached hydrogens (tertiary/aromatic N) is 2. The van der Waals surface area contributed by atoms with E-state index in [9.17, 15) is 4.79 Å². The lowest BCUT2D eigenvalue weighted by Crippen LogP contribution is -2.14. The van der Waals surface area contributed by atoms with Crippen molar-refractivity contribution in [3.05, 3.63) is 59.2 Å². The first-order chi connectivity index (χ1) is 9.69. The Bertz CT molecular complexity index is 565. The fourth-order valence-electron chi connectivity index (χ4n) is 1.71. The predicted molar refractivity (Wildman–Crippen MR) is 75.1 cm³/mol. The van der Waals surface area contributed by atoms with Gasteiger partial charge >= 0.3 is 5.97 Å². The Labute approximate surface area is 118 Å². The molecule has 0 fully saturated rings. The van der Waals surface area contributed by atoms with Crippen LogP contribution in [0.3, 0.4) is 0 Å². The molecule has 2 rings (SSSR count). The largest absolute Gasteiger partial charge is 0.465 e. The van der Waals surface area contributed by atoms with Crippen LogP contribution >= 0.6 is 0 Å². The molecule has 0 aliphatic carbocycles. The van der Waals surface area contributed by atoms with E-state index >= 15 is 0 Å². The smallest absolute Gasteiger partial charge is 0.339 e. The Hall–Kier alpha value is -2.27. The molecular formula is C15H17N3O2. The van der Waals surface area contributed by atoms with E-state index in [0.29, 0.717) is 12.1 Å². The maximum atomic E-state index is 11.3. The van der Waals surface area contributed by atoms with Gasteiger partial charge in [-0.3, -0.25) is 9.97 Å². The van der Waals surface area contributed by atoms with Gasteiger partial charge in [-0.25, -0.2) is 4.79 Å². The number of ether oxygens (including phenoxy) is 1. The summed E-state index contributed by atoms with van der Waals surface area (Å²) >= 11 is 0. The van der Waals surface area contributed by atoms with Crippen LogP contribution in [0.25, 0.3) is 0 Å². The number of aryl methyl sites for hydroxylation is 1. The van der Waals surface area contributed by atoms with Crippen molar-refractivity contribution in [3.8, 4) is 0 Å². The van der Waals surface area contributed by atoms with Crippen LogP contribution in [-0.4, -0.2) is 23.0 Å². The molecule has 0 aliphatic rings. The number of carbonyl (C=O) groups excluding carboxylic acids is 1. The second-order valence-corrected chi connectivity index (χ2v) is 4.44. The number of hydrogen-bond donors (Lipinski definition) is 1. The first-order valence-corrected chi connectivity index (χ1v) is 6.34. The summed E-state index contributed by atoms with van der Waals surface area (Å²) in [6.07, 6.45) is 3.38. The van der Waals surface area contributed by atoms with E-state index in [2.05, 4.69) is 20.0 Å². The maximum Gasteiger partial charge on any atom is 0.339 e. The van der Waals surface area contributed by atoms with Crippen LogP contribution in [0, 0.1) is 6.92 Å². The summed E-state index contributed by atoms with van der Waals surface area (Å²) in [6, 6.07) is 7.56. The van der Waals surface area contributed by atoms with Crippen LogP contribution in [0.2, 0.25) is 0 Å². The average Bonchev–Trinajstić information content (AvgIpc) is 2.49. The SMILES string of the molecule is COC(=O)c1ccc(CNCc2ccc(C)nc2)nc1. The fraction of sp³-hybridized carbons (Fsp3) is 0.267. The molecule has 2 aromatic heterocycles. The molecule has 104 valence electrons. The molecule has 0 unspecified atom stereocenters. The van der Waals surface area contributed by atoms with Gasteiger partial charge in [0.25, 0.3) is 0 Å². The summed E-state index contributed by atoms with van der Waals surface area (Å²) in [5.74, 6) is -0.372. The first kappa shape index (κ1) is 14.1. The van der Waals surface area contributed by atoms with Crippen LogP contribution in [0.4, 0.5) is 0 Å². The van der Waals surface area contributed by atoms with Crippen molar-refractivity contribution in [2.45, 2.75) is 20.0 Å². The standard InChI is InChI=1S/C15H17N3O2/c1-11-3-4-12(8-17-11)7-16-10-14-6-5-13(9-18-14)15(19)20-2/h3-6,8-9,16H,7,10H2,1-2H3. The molecular weight excluding hydrogens is 254 g/mol. The van der Waals surface area contributed by atoms with E-state index in [0.717, 1.165) is 23.5 Å². The zero-order chi connectivity index (χ0) is 14.4. The number of carbonyl (C=O) groups is 1. The lowest BCUT2D eigenvalue weighted by Gasteiger charge is -2.05. The molecule has 2 aromatic rings. The summed E-state index contributed by atoms with van der Waals surface area (Å²) in [7, 11) is 1.35. The monoisotopic (exact) mass is 271 g/mol. The summed E-state index contributed by atoms with van der Waals surface area (Å²) < 4.78 is 4.62. The number of aromatic nitrogens is 2. The van der Waals surface area contributed by atoms with Gasteiger partial charge in [-0.2, -0.15) is 0 Å². The highest BCUT2D eigenvalue weighted by Gasteiger charge is 2.05. The number of pyridine rings is 2. The van der Waals surface area contributed by atoms with Gasteiger partial charge in [0.1, 0.15) is 0 Å². The Balaban J connectivity index is 1.85. The summed E-state index contributed by atoms with van der Waals surface area (Å²) in [4.78, 5) is 19.7. The van der Waals surface area contributed by atoms with Gasteiger partial charge in [-0.1, -0.05) is 6.07 Å². The molecule has 1 N–H and O–H groups in total. The van der Waals surface area contributed by atoms with Crippen molar-refractivity contribution in [3.63, 3.8) is 0 Å². The van der Waals surface area contributed by atoms with Crippen molar-refractivity contribution in [1.29, 1.82) is 0 Å². The third-order valence-electron chi connectivity index (χ3n) is 2.85. The van der Waals surface area contributed by atoms with Crippen LogP contribution in [0.15, 0.2) is 36.7 Å². The normalized spacial score (nSPS) is 10.3. The molecule has 0 bridgehead atoms. The molecule has 0 saturated heterocycles. The van der Waals surface area contributed by atoms with E-state index in [-0.39, 0.29) is 5.97 Å². The van der Waals surface area contributed by atoms with Gasteiger partial charge < -0.3 is 10.1 Å². The summed E-state index contributed by atoms with van der Waals surface area (Å²) in [5.41, 5.74) is 3.47. The second kappa shape index (κ2) is 6.77. The third kappa shape index (κ3) is 3.86. The third-order valence-corrected chi connectivity index (χ3v) is 2.85. The zero-order valence-electron chi connectivity index (χ0n) is 11.6. The van der Waals surface area contributed by atoms with Crippen molar-refractivity contribution in [2.24, 2.45) is 0 Å². The number of nitrogens with one attached hydrogen (secondary N) is 1. The molecule has 0 atom stereocenters. The molecule has 2 heterocycles. The highest BCUT2D eigenvalue weighted by molar-refractivity contribution is 5.88. The number of hydrogen-bond acceptors (Lipinski definition) is 5. The van der Waals surface area contributed by atoms with Crippen LogP contribution < -0.4 is 5.32 Å². The predicted octanol–water partition coefficient (Wildman–Crippen LogP) is 1.86. The summed E-state index contributed by atoms with van der Waals surface area (Å²) in [5, 5.41) is 3.28. The maximum absolute atomic E-state index is 11.3. The molecule has 0 radical (unpaired) electrons. The van der Waals surface area contributed by atoms with Crippen LogP contribution in [0.1, 0.15) is 27.3 Å². The van der Waals surface area contributed by atoms with Gasteiger partial charge in [0.2, 0.25) is 0 Å². The quantitative estimate of drug-likeness (QED) is 0.841. The highest BCUT2D eigenvalue weighted by atomic mass is 16.5. The van der Waals surface area contributed by atoms with Crippen molar-refractivity contribution < 1.29 is 9.53 Å². The van der Waals surface area contributed by atoms with Gasteiger partial charge in [0.15, 0.2) is 0 Å². The Morgan fingerprint density at radius 2 is 2.00 bits per heavy atom. The fourth-order valence-corrected chi connectivity index (χ4v) is 1.71. The van der Waals surface area contributed by atoms with E-state index < -0.39 is 0 Å². The zero-order valence-corrected chi connectivity index (χ0v) is 11.6. The average molecular weight is 271 g/mol. The van der Waals surface area contributed by atoms with Crippen LogP contribution in [0.5, 0.6) is 0 Å². The van der Waals surface area contributed by atoms with E-state index in [1.165, 1.54) is 13.3 Å². The number of rotatable bonds is 5. The molecule has 0 amide bonds. The van der Waals surface area contributed by atoms with Crippen LogP contribution in [-0.2, 0) is 17.8 Å². The van der Waals surface area contributed by atoms with Gasteiger partial charge in [0, 0.05) is 31.2 Å². The molecule has 0 aromatic carbocycles. The molecule has 20 heavy (non-hydrogen) atoms.